The van der Waals surface area contributed by atoms with Crippen LogP contribution >= 0.6 is 0 Å². The van der Waals surface area contributed by atoms with Crippen molar-refractivity contribution < 1.29 is 17.6 Å². The van der Waals surface area contributed by atoms with E-state index >= 15 is 0 Å². The lowest BCUT2D eigenvalue weighted by atomic mass is 9.68. The number of alkyl halides is 4. The van der Waals surface area contributed by atoms with E-state index in [-0.39, 0.29) is 6.67 Å². The second-order valence-electron chi connectivity index (χ2n) is 8.31. The highest BCUT2D eigenvalue weighted by Crippen LogP contribution is 2.44. The molecule has 0 radical (unpaired) electrons. The van der Waals surface area contributed by atoms with E-state index in [1.165, 1.54) is 50.7 Å². The Morgan fingerprint density at radius 3 is 1.89 bits per heavy atom. The number of halogens is 4. The van der Waals surface area contributed by atoms with Crippen LogP contribution in [0.5, 0.6) is 0 Å². The lowest BCUT2D eigenvalue weighted by molar-refractivity contribution is -0.137. The van der Waals surface area contributed by atoms with Crippen LogP contribution in [0.4, 0.5) is 17.6 Å². The highest BCUT2D eigenvalue weighted by atomic mass is 19.4. The van der Waals surface area contributed by atoms with Gasteiger partial charge in [0, 0.05) is 0 Å². The minimum Gasteiger partial charge on any atom is -0.251 e. The van der Waals surface area contributed by atoms with Crippen molar-refractivity contribution in [3.63, 3.8) is 0 Å². The van der Waals surface area contributed by atoms with Crippen molar-refractivity contribution in [2.75, 3.05) is 6.67 Å². The monoisotopic (exact) mass is 382 g/mol. The lowest BCUT2D eigenvalue weighted by Crippen LogP contribution is -2.25. The molecular formula is C23H30F4. The zero-order chi connectivity index (χ0) is 19.3. The summed E-state index contributed by atoms with van der Waals surface area (Å²) in [5, 5.41) is 0. The maximum absolute atomic E-state index is 12.7. The van der Waals surface area contributed by atoms with Crippen LogP contribution in [0.3, 0.4) is 0 Å². The Morgan fingerprint density at radius 1 is 0.815 bits per heavy atom. The van der Waals surface area contributed by atoms with Crippen LogP contribution < -0.4 is 0 Å². The average molecular weight is 382 g/mol. The molecule has 0 aliphatic heterocycles. The Balaban J connectivity index is 1.45. The molecule has 2 fully saturated rings. The van der Waals surface area contributed by atoms with Crippen LogP contribution in [0, 0.1) is 17.8 Å². The van der Waals surface area contributed by atoms with E-state index in [1.54, 1.807) is 12.1 Å². The minimum absolute atomic E-state index is 0.270. The van der Waals surface area contributed by atoms with Crippen LogP contribution in [0.25, 0.3) is 0 Å². The number of benzene rings is 1. The Bertz CT molecular complexity index is 586. The number of rotatable bonds is 5. The first-order valence-corrected chi connectivity index (χ1v) is 10.4. The fourth-order valence-corrected chi connectivity index (χ4v) is 5.03. The third-order valence-corrected chi connectivity index (χ3v) is 6.65. The molecule has 0 amide bonds. The third kappa shape index (κ3) is 5.58. The molecule has 0 atom stereocenters. The Kier molecular flexibility index (Phi) is 6.99. The average Bonchev–Trinajstić information content (AvgIpc) is 2.68. The Labute approximate surface area is 160 Å². The van der Waals surface area contributed by atoms with Gasteiger partial charge in [0.05, 0.1) is 12.2 Å². The molecule has 0 aromatic heterocycles. The summed E-state index contributed by atoms with van der Waals surface area (Å²) < 4.78 is 50.3. The molecule has 1 aromatic rings. The molecule has 0 unspecified atom stereocenters. The predicted molar refractivity (Wildman–Crippen MR) is 101 cm³/mol. The first-order valence-electron chi connectivity index (χ1n) is 10.4. The number of allylic oxidation sites excluding steroid dienone is 2. The molecule has 0 heterocycles. The predicted octanol–water partition coefficient (Wildman–Crippen LogP) is 7.70. The summed E-state index contributed by atoms with van der Waals surface area (Å²) in [6.45, 7) is -0.270. The summed E-state index contributed by atoms with van der Waals surface area (Å²) in [7, 11) is 0. The normalized spacial score (nSPS) is 29.9. The summed E-state index contributed by atoms with van der Waals surface area (Å²) in [6.07, 6.45) is 10.00. The van der Waals surface area contributed by atoms with Crippen LogP contribution in [0.2, 0.25) is 0 Å². The standard InChI is InChI=1S/C23H30F4/c24-16-2-1-3-17-4-6-18(7-5-17)19-8-10-20(11-9-19)21-12-14-22(15-13-21)23(25,26)27/h1,3,12-15,17-20H,2,4-11,16H2. The van der Waals surface area contributed by atoms with Crippen molar-refractivity contribution >= 4 is 0 Å². The van der Waals surface area contributed by atoms with Crippen LogP contribution in [0.15, 0.2) is 36.4 Å². The van der Waals surface area contributed by atoms with E-state index < -0.39 is 11.7 Å². The van der Waals surface area contributed by atoms with Gasteiger partial charge in [0.25, 0.3) is 0 Å². The summed E-state index contributed by atoms with van der Waals surface area (Å²) in [6, 6.07) is 5.78. The maximum atomic E-state index is 12.7. The van der Waals surface area contributed by atoms with Crippen molar-refractivity contribution in [1.29, 1.82) is 0 Å². The zero-order valence-electron chi connectivity index (χ0n) is 15.9. The van der Waals surface area contributed by atoms with Gasteiger partial charge in [-0.25, -0.2) is 0 Å². The van der Waals surface area contributed by atoms with Crippen LogP contribution in [-0.2, 0) is 6.18 Å². The lowest BCUT2D eigenvalue weighted by Gasteiger charge is -2.37. The van der Waals surface area contributed by atoms with E-state index in [1.807, 2.05) is 6.08 Å². The van der Waals surface area contributed by atoms with Gasteiger partial charge in [-0.15, -0.1) is 0 Å². The molecular weight excluding hydrogens is 352 g/mol. The molecule has 0 nitrogen and oxygen atoms in total. The zero-order valence-corrected chi connectivity index (χ0v) is 15.9. The molecule has 4 heteroatoms. The molecule has 2 aliphatic rings. The Morgan fingerprint density at radius 2 is 1.37 bits per heavy atom. The molecule has 0 spiro atoms. The van der Waals surface area contributed by atoms with E-state index in [4.69, 9.17) is 0 Å². The van der Waals surface area contributed by atoms with E-state index in [2.05, 4.69) is 6.08 Å². The molecule has 2 saturated carbocycles. The fraction of sp³-hybridized carbons (Fsp3) is 0.652. The molecule has 150 valence electrons. The smallest absolute Gasteiger partial charge is 0.251 e. The van der Waals surface area contributed by atoms with Gasteiger partial charge in [-0.3, -0.25) is 4.39 Å². The largest absolute Gasteiger partial charge is 0.416 e. The second kappa shape index (κ2) is 9.25. The van der Waals surface area contributed by atoms with E-state index in [0.29, 0.717) is 18.3 Å². The van der Waals surface area contributed by atoms with Gasteiger partial charge in [0.2, 0.25) is 0 Å². The van der Waals surface area contributed by atoms with Gasteiger partial charge in [-0.1, -0.05) is 24.3 Å². The Hall–Kier alpha value is -1.32. The van der Waals surface area contributed by atoms with Crippen molar-refractivity contribution in [2.45, 2.75) is 69.9 Å². The van der Waals surface area contributed by atoms with Gasteiger partial charge in [0.15, 0.2) is 0 Å². The second-order valence-corrected chi connectivity index (χ2v) is 8.31. The van der Waals surface area contributed by atoms with E-state index in [0.717, 1.165) is 30.2 Å². The summed E-state index contributed by atoms with van der Waals surface area (Å²) in [4.78, 5) is 0. The van der Waals surface area contributed by atoms with Crippen LogP contribution in [0.1, 0.15) is 74.8 Å². The van der Waals surface area contributed by atoms with Crippen molar-refractivity contribution in [2.24, 2.45) is 17.8 Å². The summed E-state index contributed by atoms with van der Waals surface area (Å²) in [5.41, 5.74) is 0.500. The molecule has 0 N–H and O–H groups in total. The van der Waals surface area contributed by atoms with Crippen molar-refractivity contribution in [3.05, 3.63) is 47.5 Å². The SMILES string of the molecule is FCCC=CC1CCC(C2CCC(c3ccc(C(F)(F)F)cc3)CC2)CC1. The van der Waals surface area contributed by atoms with Gasteiger partial charge < -0.3 is 0 Å². The third-order valence-electron chi connectivity index (χ3n) is 6.65. The highest BCUT2D eigenvalue weighted by molar-refractivity contribution is 5.27. The molecule has 2 aliphatic carbocycles. The number of hydrogen-bond acceptors (Lipinski definition) is 0. The van der Waals surface area contributed by atoms with Crippen molar-refractivity contribution in [3.8, 4) is 0 Å². The van der Waals surface area contributed by atoms with Crippen molar-refractivity contribution in [1.82, 2.24) is 0 Å². The maximum Gasteiger partial charge on any atom is 0.416 e. The summed E-state index contributed by atoms with van der Waals surface area (Å²) in [5.74, 6) is 2.59. The van der Waals surface area contributed by atoms with Crippen LogP contribution in [-0.4, -0.2) is 6.67 Å². The minimum atomic E-state index is -4.25. The molecule has 0 bridgehead atoms. The number of hydrogen-bond donors (Lipinski definition) is 0. The fourth-order valence-electron chi connectivity index (χ4n) is 5.03. The van der Waals surface area contributed by atoms with Gasteiger partial charge in [-0.05, 0) is 99.2 Å². The molecule has 27 heavy (non-hydrogen) atoms. The summed E-state index contributed by atoms with van der Waals surface area (Å²) >= 11 is 0. The molecule has 0 saturated heterocycles. The highest BCUT2D eigenvalue weighted by Gasteiger charge is 2.32. The van der Waals surface area contributed by atoms with E-state index in [9.17, 15) is 17.6 Å². The quantitative estimate of drug-likeness (QED) is 0.361. The first-order chi connectivity index (χ1) is 13.0. The topological polar surface area (TPSA) is 0 Å². The van der Waals surface area contributed by atoms with Gasteiger partial charge in [-0.2, -0.15) is 13.2 Å². The van der Waals surface area contributed by atoms with Gasteiger partial charge >= 0.3 is 6.18 Å². The molecule has 1 aromatic carbocycles. The van der Waals surface area contributed by atoms with Gasteiger partial charge in [0.1, 0.15) is 0 Å². The molecule has 3 rings (SSSR count). The first kappa shape index (κ1) is 20.4.